The Morgan fingerprint density at radius 2 is 1.87 bits per heavy atom. The third-order valence-corrected chi connectivity index (χ3v) is 6.50. The van der Waals surface area contributed by atoms with E-state index < -0.39 is 0 Å². The molecule has 2 saturated carbocycles. The van der Waals surface area contributed by atoms with E-state index in [0.717, 1.165) is 28.1 Å². The number of benzene rings is 1. The van der Waals surface area contributed by atoms with Crippen LogP contribution in [0.15, 0.2) is 54.9 Å². The molecule has 0 saturated heterocycles. The molecule has 2 aliphatic carbocycles. The number of fused-ring (bicyclic) bond motifs is 3. The number of carbonyl (C=O) groups is 1. The topological polar surface area (TPSA) is 78.9 Å². The quantitative estimate of drug-likeness (QED) is 0.446. The highest BCUT2D eigenvalue weighted by molar-refractivity contribution is 7.80. The molecule has 1 aromatic carbocycles. The van der Waals surface area contributed by atoms with Crippen molar-refractivity contribution in [3.05, 3.63) is 60.4 Å². The number of nitrogens with one attached hydrogen (secondary N) is 3. The monoisotopic (exact) mass is 417 g/mol. The van der Waals surface area contributed by atoms with Crippen LogP contribution in [-0.4, -0.2) is 27.0 Å². The molecule has 0 unspecified atom stereocenters. The van der Waals surface area contributed by atoms with Gasteiger partial charge in [-0.1, -0.05) is 24.6 Å². The minimum Gasteiger partial charge on any atom is -0.358 e. The summed E-state index contributed by atoms with van der Waals surface area (Å²) in [5.41, 5.74) is 8.58. The van der Waals surface area contributed by atoms with Crippen LogP contribution in [0.2, 0.25) is 0 Å². The highest BCUT2D eigenvalue weighted by Gasteiger charge is 2.39. The summed E-state index contributed by atoms with van der Waals surface area (Å²) in [6.07, 6.45) is 8.52. The van der Waals surface area contributed by atoms with Crippen molar-refractivity contribution in [1.82, 2.24) is 26.1 Å². The van der Waals surface area contributed by atoms with E-state index in [9.17, 15) is 4.79 Å². The zero-order valence-electron chi connectivity index (χ0n) is 16.5. The highest BCUT2D eigenvalue weighted by atomic mass is 32.1. The summed E-state index contributed by atoms with van der Waals surface area (Å²) < 4.78 is 0. The summed E-state index contributed by atoms with van der Waals surface area (Å²) in [6, 6.07) is 13.6. The molecule has 30 heavy (non-hydrogen) atoms. The lowest BCUT2D eigenvalue weighted by Gasteiger charge is -2.24. The predicted molar refractivity (Wildman–Crippen MR) is 121 cm³/mol. The van der Waals surface area contributed by atoms with Gasteiger partial charge in [0, 0.05) is 29.4 Å². The molecule has 0 aliphatic heterocycles. The van der Waals surface area contributed by atoms with E-state index in [-0.39, 0.29) is 5.91 Å². The molecular weight excluding hydrogens is 394 g/mol. The zero-order valence-corrected chi connectivity index (χ0v) is 17.3. The summed E-state index contributed by atoms with van der Waals surface area (Å²) in [5.74, 6) is 1.29. The molecule has 2 aromatic heterocycles. The number of thiocarbonyl (C=S) groups is 1. The summed E-state index contributed by atoms with van der Waals surface area (Å²) in [6.45, 7) is 0. The standard InChI is InChI=1S/C23H23N5OS/c29-22(27-28-23(30)26-20-12-14-5-6-16(20)11-14)18-13-21(15-7-9-24-10-8-15)25-19-4-2-1-3-17(18)19/h1-4,7-10,13-14,16,20H,5-6,11-12H2,(H,27,29)(H2,26,28,30)/t14-,16-,20+/m1/s1. The minimum atomic E-state index is -0.249. The number of aromatic nitrogens is 2. The summed E-state index contributed by atoms with van der Waals surface area (Å²) in [4.78, 5) is 21.8. The van der Waals surface area contributed by atoms with Crippen molar-refractivity contribution in [3.8, 4) is 11.3 Å². The van der Waals surface area contributed by atoms with Gasteiger partial charge >= 0.3 is 0 Å². The van der Waals surface area contributed by atoms with Crippen molar-refractivity contribution in [3.63, 3.8) is 0 Å². The first-order chi connectivity index (χ1) is 14.7. The molecule has 1 amide bonds. The van der Waals surface area contributed by atoms with Crippen LogP contribution in [0.3, 0.4) is 0 Å². The highest BCUT2D eigenvalue weighted by Crippen LogP contribution is 2.44. The number of carbonyl (C=O) groups excluding carboxylic acids is 1. The van der Waals surface area contributed by atoms with Crippen molar-refractivity contribution < 1.29 is 4.79 Å². The minimum absolute atomic E-state index is 0.249. The van der Waals surface area contributed by atoms with E-state index in [2.05, 4.69) is 21.2 Å². The molecule has 6 nitrogen and oxygen atoms in total. The molecule has 3 atom stereocenters. The fourth-order valence-corrected chi connectivity index (χ4v) is 5.04. The molecule has 152 valence electrons. The first-order valence-corrected chi connectivity index (χ1v) is 10.8. The number of rotatable bonds is 3. The fraction of sp³-hybridized carbons (Fsp3) is 0.304. The number of amides is 1. The molecule has 3 N–H and O–H groups in total. The molecule has 5 rings (SSSR count). The van der Waals surface area contributed by atoms with Gasteiger partial charge in [0.1, 0.15) is 0 Å². The maximum Gasteiger partial charge on any atom is 0.270 e. The van der Waals surface area contributed by atoms with Crippen molar-refractivity contribution in [2.75, 3.05) is 0 Å². The second kappa shape index (κ2) is 7.99. The number of hydrazine groups is 1. The molecule has 2 heterocycles. The Balaban J connectivity index is 1.33. The van der Waals surface area contributed by atoms with Crippen LogP contribution < -0.4 is 16.2 Å². The lowest BCUT2D eigenvalue weighted by molar-refractivity contribution is 0.0945. The Morgan fingerprint density at radius 3 is 2.63 bits per heavy atom. The summed E-state index contributed by atoms with van der Waals surface area (Å²) in [7, 11) is 0. The smallest absolute Gasteiger partial charge is 0.270 e. The van der Waals surface area contributed by atoms with Gasteiger partial charge in [0.15, 0.2) is 5.11 Å². The Labute approximate surface area is 180 Å². The Morgan fingerprint density at radius 1 is 1.03 bits per heavy atom. The van der Waals surface area contributed by atoms with Gasteiger partial charge < -0.3 is 5.32 Å². The van der Waals surface area contributed by atoms with E-state index in [4.69, 9.17) is 17.2 Å². The van der Waals surface area contributed by atoms with Crippen molar-refractivity contribution in [1.29, 1.82) is 0 Å². The number of hydrogen-bond donors (Lipinski definition) is 3. The van der Waals surface area contributed by atoms with Gasteiger partial charge in [-0.05, 0) is 67.6 Å². The summed E-state index contributed by atoms with van der Waals surface area (Å²) in [5, 5.41) is 4.64. The van der Waals surface area contributed by atoms with Gasteiger partial charge in [0.2, 0.25) is 0 Å². The van der Waals surface area contributed by atoms with E-state index in [1.807, 2.05) is 36.4 Å². The molecule has 0 radical (unpaired) electrons. The molecule has 7 heteroatoms. The van der Waals surface area contributed by atoms with Gasteiger partial charge in [-0.25, -0.2) is 4.98 Å². The maximum absolute atomic E-state index is 13.0. The third kappa shape index (κ3) is 3.73. The molecule has 0 spiro atoms. The molecule has 2 aliphatic rings. The molecule has 3 aromatic rings. The first kappa shape index (κ1) is 18.9. The number of pyridine rings is 2. The average Bonchev–Trinajstić information content (AvgIpc) is 3.40. The normalized spacial score (nSPS) is 22.1. The molecule has 2 bridgehead atoms. The number of hydrogen-bond acceptors (Lipinski definition) is 4. The Kier molecular flexibility index (Phi) is 5.04. The van der Waals surface area contributed by atoms with E-state index >= 15 is 0 Å². The Hall–Kier alpha value is -3.06. The second-order valence-electron chi connectivity index (χ2n) is 8.14. The lowest BCUT2D eigenvalue weighted by Crippen LogP contribution is -2.50. The van der Waals surface area contributed by atoms with Gasteiger partial charge in [-0.15, -0.1) is 0 Å². The third-order valence-electron chi connectivity index (χ3n) is 6.28. The fourth-order valence-electron chi connectivity index (χ4n) is 4.84. The largest absolute Gasteiger partial charge is 0.358 e. The van der Waals surface area contributed by atoms with Crippen molar-refractivity contribution in [2.24, 2.45) is 11.8 Å². The number of nitrogens with zero attached hydrogens (tertiary/aromatic N) is 2. The first-order valence-electron chi connectivity index (χ1n) is 10.3. The maximum atomic E-state index is 13.0. The van der Waals surface area contributed by atoms with E-state index in [1.54, 1.807) is 18.5 Å². The Bertz CT molecular complexity index is 1100. The van der Waals surface area contributed by atoms with Crippen molar-refractivity contribution >= 4 is 34.1 Å². The van der Waals surface area contributed by atoms with Crippen LogP contribution in [0.5, 0.6) is 0 Å². The van der Waals surface area contributed by atoms with Gasteiger partial charge in [-0.3, -0.25) is 20.6 Å². The van der Waals surface area contributed by atoms with Gasteiger partial charge in [0.05, 0.1) is 16.8 Å². The van der Waals surface area contributed by atoms with Crippen LogP contribution in [0.4, 0.5) is 0 Å². The van der Waals surface area contributed by atoms with Crippen molar-refractivity contribution in [2.45, 2.75) is 31.7 Å². The predicted octanol–water partition coefficient (Wildman–Crippen LogP) is 3.59. The zero-order chi connectivity index (χ0) is 20.5. The SMILES string of the molecule is O=C(NNC(=S)N[C@H]1C[C@@H]2CC[C@@H]1C2)c1cc(-c2ccncc2)nc2ccccc12. The summed E-state index contributed by atoms with van der Waals surface area (Å²) >= 11 is 5.42. The van der Waals surface area contributed by atoms with Crippen LogP contribution in [-0.2, 0) is 0 Å². The second-order valence-corrected chi connectivity index (χ2v) is 8.55. The lowest BCUT2D eigenvalue weighted by atomic mass is 9.96. The van der Waals surface area contributed by atoms with Crippen LogP contribution >= 0.6 is 12.2 Å². The van der Waals surface area contributed by atoms with Crippen LogP contribution in [0.1, 0.15) is 36.0 Å². The van der Waals surface area contributed by atoms with E-state index in [1.165, 1.54) is 25.7 Å². The average molecular weight is 418 g/mol. The van der Waals surface area contributed by atoms with Gasteiger partial charge in [0.25, 0.3) is 5.91 Å². The van der Waals surface area contributed by atoms with E-state index in [0.29, 0.717) is 22.6 Å². The molecular formula is C23H23N5OS. The molecule has 2 fully saturated rings. The van der Waals surface area contributed by atoms with Crippen LogP contribution in [0.25, 0.3) is 22.2 Å². The van der Waals surface area contributed by atoms with Crippen LogP contribution in [0, 0.1) is 11.8 Å². The van der Waals surface area contributed by atoms with Gasteiger partial charge in [-0.2, -0.15) is 0 Å². The number of para-hydroxylation sites is 1.